The minimum atomic E-state index is -3.58. The van der Waals surface area contributed by atoms with Crippen LogP contribution < -0.4 is 4.74 Å². The number of hydrogen-bond donors (Lipinski definition) is 0. The zero-order chi connectivity index (χ0) is 20.0. The number of nitrogens with zero attached hydrogens (tertiary/aromatic N) is 2. The Kier molecular flexibility index (Phi) is 6.88. The molecule has 0 aliphatic carbocycles. The lowest BCUT2D eigenvalue weighted by molar-refractivity contribution is -0.150. The van der Waals surface area contributed by atoms with Crippen molar-refractivity contribution in [3.05, 3.63) is 53.8 Å². The molecule has 9 heteroatoms. The van der Waals surface area contributed by atoms with Crippen molar-refractivity contribution < 1.29 is 22.7 Å². The average molecular weight is 425 g/mol. The summed E-state index contributed by atoms with van der Waals surface area (Å²) < 4.78 is 37.3. The number of benzene rings is 1. The Bertz CT molecular complexity index is 900. The van der Waals surface area contributed by atoms with Crippen molar-refractivity contribution in [3.8, 4) is 5.75 Å². The summed E-state index contributed by atoms with van der Waals surface area (Å²) in [5.74, 6) is -0.115. The molecule has 7 nitrogen and oxygen atoms in total. The van der Waals surface area contributed by atoms with Crippen molar-refractivity contribution in [3.63, 3.8) is 0 Å². The number of para-hydroxylation sites is 1. The molecule has 0 spiro atoms. The molecule has 3 rings (SSSR count). The Hall–Kier alpha value is -2.16. The fraction of sp³-hybridized carbons (Fsp3) is 0.368. The van der Waals surface area contributed by atoms with Crippen molar-refractivity contribution in [2.45, 2.75) is 17.7 Å². The first kappa shape index (κ1) is 20.6. The summed E-state index contributed by atoms with van der Waals surface area (Å²) in [4.78, 5) is 16.2. The van der Waals surface area contributed by atoms with E-state index < -0.39 is 10.0 Å². The second kappa shape index (κ2) is 9.36. The molecule has 0 amide bonds. The molecule has 2 heterocycles. The summed E-state index contributed by atoms with van der Waals surface area (Å²) >= 11 is 5.99. The van der Waals surface area contributed by atoms with Crippen molar-refractivity contribution >= 4 is 27.6 Å². The van der Waals surface area contributed by atoms with Gasteiger partial charge in [-0.25, -0.2) is 8.42 Å². The van der Waals surface area contributed by atoms with Crippen LogP contribution in [0.25, 0.3) is 0 Å². The number of ether oxygens (including phenoxy) is 2. The molecule has 28 heavy (non-hydrogen) atoms. The van der Waals surface area contributed by atoms with E-state index in [4.69, 9.17) is 21.1 Å². The number of rotatable bonds is 7. The molecular formula is C19H21ClN2O5S. The number of sulfonamides is 1. The van der Waals surface area contributed by atoms with Gasteiger partial charge in [-0.05, 0) is 37.1 Å². The molecular weight excluding hydrogens is 404 g/mol. The number of halogens is 1. The third-order valence-electron chi connectivity index (χ3n) is 4.48. The predicted octanol–water partition coefficient (Wildman–Crippen LogP) is 2.76. The Balaban J connectivity index is 1.43. The fourth-order valence-corrected chi connectivity index (χ4v) is 4.58. The van der Waals surface area contributed by atoms with Crippen molar-refractivity contribution in [2.75, 3.05) is 26.3 Å². The molecule has 150 valence electrons. The van der Waals surface area contributed by atoms with Crippen LogP contribution in [0.5, 0.6) is 5.75 Å². The predicted molar refractivity (Wildman–Crippen MR) is 104 cm³/mol. The van der Waals surface area contributed by atoms with Crippen molar-refractivity contribution in [1.29, 1.82) is 0 Å². The monoisotopic (exact) mass is 424 g/mol. The smallest absolute Gasteiger partial charge is 0.309 e. The number of hydrogen-bond acceptors (Lipinski definition) is 6. The van der Waals surface area contributed by atoms with Gasteiger partial charge >= 0.3 is 5.97 Å². The van der Waals surface area contributed by atoms with Gasteiger partial charge in [-0.1, -0.05) is 23.7 Å². The van der Waals surface area contributed by atoms with Gasteiger partial charge in [0.2, 0.25) is 10.0 Å². The molecule has 0 atom stereocenters. The molecule has 1 saturated heterocycles. The summed E-state index contributed by atoms with van der Waals surface area (Å²) in [5, 5.41) is 0.496. The molecule has 0 N–H and O–H groups in total. The molecule has 1 aromatic carbocycles. The van der Waals surface area contributed by atoms with Gasteiger partial charge in [-0.3, -0.25) is 9.78 Å². The Labute approximate surface area is 169 Å². The van der Waals surface area contributed by atoms with E-state index in [1.54, 1.807) is 30.3 Å². The van der Waals surface area contributed by atoms with E-state index in [0.29, 0.717) is 23.6 Å². The van der Waals surface area contributed by atoms with E-state index in [-0.39, 0.29) is 43.1 Å². The van der Waals surface area contributed by atoms with Crippen LogP contribution in [0.4, 0.5) is 0 Å². The molecule has 1 aliphatic rings. The third-order valence-corrected chi connectivity index (χ3v) is 6.68. The van der Waals surface area contributed by atoms with E-state index in [0.717, 1.165) is 0 Å². The summed E-state index contributed by atoms with van der Waals surface area (Å²) in [6.07, 6.45) is 3.69. The number of carbonyl (C=O) groups excluding carboxylic acids is 1. The molecule has 1 fully saturated rings. The van der Waals surface area contributed by atoms with E-state index >= 15 is 0 Å². The van der Waals surface area contributed by atoms with Gasteiger partial charge in [0.05, 0.1) is 10.9 Å². The molecule has 2 aromatic rings. The minimum absolute atomic E-state index is 0.109. The number of pyridine rings is 1. The third kappa shape index (κ3) is 5.01. The second-order valence-electron chi connectivity index (χ2n) is 6.31. The summed E-state index contributed by atoms with van der Waals surface area (Å²) in [6, 6.07) is 10.2. The maximum atomic E-state index is 12.6. The van der Waals surface area contributed by atoms with E-state index in [9.17, 15) is 13.2 Å². The first-order valence-corrected chi connectivity index (χ1v) is 10.7. The van der Waals surface area contributed by atoms with E-state index in [1.807, 2.05) is 0 Å². The molecule has 0 bridgehead atoms. The standard InChI is InChI=1S/C19H21ClN2O5S/c20-17-5-1-2-6-18(17)26-12-13-27-19(23)15-7-10-22(11-8-15)28(24,25)16-4-3-9-21-14-16/h1-6,9,14-15H,7-8,10-13H2. The second-order valence-corrected chi connectivity index (χ2v) is 8.66. The van der Waals surface area contributed by atoms with Crippen LogP contribution in [-0.2, 0) is 19.6 Å². The maximum Gasteiger partial charge on any atom is 0.309 e. The van der Waals surface area contributed by atoms with Gasteiger partial charge in [0.25, 0.3) is 0 Å². The van der Waals surface area contributed by atoms with Crippen LogP contribution in [0, 0.1) is 5.92 Å². The zero-order valence-electron chi connectivity index (χ0n) is 15.2. The lowest BCUT2D eigenvalue weighted by atomic mass is 9.98. The number of aromatic nitrogens is 1. The highest BCUT2D eigenvalue weighted by molar-refractivity contribution is 7.89. The van der Waals surface area contributed by atoms with E-state index in [1.165, 1.54) is 22.8 Å². The van der Waals surface area contributed by atoms with E-state index in [2.05, 4.69) is 4.98 Å². The van der Waals surface area contributed by atoms with Gasteiger partial charge < -0.3 is 9.47 Å². The first-order valence-electron chi connectivity index (χ1n) is 8.92. The van der Waals surface area contributed by atoms with Gasteiger partial charge in [-0.15, -0.1) is 0 Å². The minimum Gasteiger partial charge on any atom is -0.488 e. The number of piperidine rings is 1. The fourth-order valence-electron chi connectivity index (χ4n) is 2.95. The van der Waals surface area contributed by atoms with Crippen LogP contribution in [0.3, 0.4) is 0 Å². The Morgan fingerprint density at radius 3 is 2.57 bits per heavy atom. The SMILES string of the molecule is O=C(OCCOc1ccccc1Cl)C1CCN(S(=O)(=O)c2cccnc2)CC1. The highest BCUT2D eigenvalue weighted by atomic mass is 35.5. The Morgan fingerprint density at radius 1 is 1.14 bits per heavy atom. The van der Waals surface area contributed by atoms with Crippen LogP contribution in [0.15, 0.2) is 53.7 Å². The van der Waals surface area contributed by atoms with Gasteiger partial charge in [0.1, 0.15) is 23.9 Å². The number of carbonyl (C=O) groups is 1. The van der Waals surface area contributed by atoms with Crippen LogP contribution in [-0.4, -0.2) is 50.0 Å². The van der Waals surface area contributed by atoms with Crippen LogP contribution in [0.2, 0.25) is 5.02 Å². The topological polar surface area (TPSA) is 85.8 Å². The quantitative estimate of drug-likeness (QED) is 0.501. The van der Waals surface area contributed by atoms with Crippen molar-refractivity contribution in [2.24, 2.45) is 5.92 Å². The molecule has 0 saturated carbocycles. The molecule has 0 unspecified atom stereocenters. The number of esters is 1. The lowest BCUT2D eigenvalue weighted by Gasteiger charge is -2.30. The summed E-state index contributed by atoms with van der Waals surface area (Å²) in [5.41, 5.74) is 0. The highest BCUT2D eigenvalue weighted by Gasteiger charge is 2.32. The molecule has 1 aliphatic heterocycles. The molecule has 0 radical (unpaired) electrons. The first-order chi connectivity index (χ1) is 13.5. The Morgan fingerprint density at radius 2 is 1.89 bits per heavy atom. The van der Waals surface area contributed by atoms with Gasteiger partial charge in [0.15, 0.2) is 0 Å². The van der Waals surface area contributed by atoms with Gasteiger partial charge in [0, 0.05) is 25.5 Å². The summed E-state index contributed by atoms with van der Waals surface area (Å²) in [7, 11) is -3.58. The largest absolute Gasteiger partial charge is 0.488 e. The summed E-state index contributed by atoms with van der Waals surface area (Å²) in [6.45, 7) is 0.849. The zero-order valence-corrected chi connectivity index (χ0v) is 16.7. The lowest BCUT2D eigenvalue weighted by Crippen LogP contribution is -2.40. The van der Waals surface area contributed by atoms with Crippen molar-refractivity contribution in [1.82, 2.24) is 9.29 Å². The normalized spacial score (nSPS) is 15.9. The van der Waals surface area contributed by atoms with Crippen LogP contribution in [0.1, 0.15) is 12.8 Å². The maximum absolute atomic E-state index is 12.6. The average Bonchev–Trinajstić information content (AvgIpc) is 2.73. The highest BCUT2D eigenvalue weighted by Crippen LogP contribution is 2.25. The van der Waals surface area contributed by atoms with Crippen LogP contribution >= 0.6 is 11.6 Å². The molecule has 1 aromatic heterocycles. The van der Waals surface area contributed by atoms with Gasteiger partial charge in [-0.2, -0.15) is 4.31 Å².